The minimum Gasteiger partial charge on any atom is -0.508 e. The van der Waals surface area contributed by atoms with Crippen LogP contribution in [0.3, 0.4) is 0 Å². The predicted octanol–water partition coefficient (Wildman–Crippen LogP) is 3.32. The number of fused-ring (bicyclic) bond motifs is 1. The molecule has 1 aliphatic heterocycles. The third kappa shape index (κ3) is 2.90. The molecule has 4 rings (SSSR count). The van der Waals surface area contributed by atoms with Crippen LogP contribution in [0.15, 0.2) is 48.0 Å². The predicted molar refractivity (Wildman–Crippen MR) is 95.2 cm³/mol. The molecule has 0 amide bonds. The molecule has 4 nitrogen and oxygen atoms in total. The van der Waals surface area contributed by atoms with E-state index in [-0.39, 0.29) is 0 Å². The van der Waals surface area contributed by atoms with E-state index in [1.165, 1.54) is 5.39 Å². The number of phenolic OH excluding ortho intramolecular Hbond substituents is 1. The van der Waals surface area contributed by atoms with Crippen LogP contribution in [0.4, 0.5) is 5.13 Å². The largest absolute Gasteiger partial charge is 0.508 e. The van der Waals surface area contributed by atoms with Gasteiger partial charge in [-0.25, -0.2) is 4.98 Å². The molecule has 0 radical (unpaired) electrons. The van der Waals surface area contributed by atoms with Gasteiger partial charge >= 0.3 is 0 Å². The van der Waals surface area contributed by atoms with Crippen LogP contribution in [0.2, 0.25) is 0 Å². The minimum atomic E-state index is 0.394. The van der Waals surface area contributed by atoms with Crippen LogP contribution in [0, 0.1) is 0 Å². The molecular weight excluding hydrogens is 306 g/mol. The first-order valence-electron chi connectivity index (χ1n) is 7.87. The number of piperazine rings is 1. The summed E-state index contributed by atoms with van der Waals surface area (Å²) in [5.41, 5.74) is 1.03. The molecule has 1 aromatic heterocycles. The number of aromatic hydroxyl groups is 1. The number of phenols is 1. The van der Waals surface area contributed by atoms with Crippen LogP contribution in [0.25, 0.3) is 10.8 Å². The van der Waals surface area contributed by atoms with Crippen molar-refractivity contribution in [3.05, 3.63) is 53.5 Å². The van der Waals surface area contributed by atoms with Gasteiger partial charge in [-0.1, -0.05) is 30.3 Å². The number of benzene rings is 2. The summed E-state index contributed by atoms with van der Waals surface area (Å²) in [6, 6.07) is 12.1. The zero-order valence-electron chi connectivity index (χ0n) is 12.9. The van der Waals surface area contributed by atoms with Gasteiger partial charge in [0, 0.05) is 49.9 Å². The lowest BCUT2D eigenvalue weighted by atomic mass is 10.0. The van der Waals surface area contributed by atoms with Gasteiger partial charge in [0.2, 0.25) is 0 Å². The smallest absolute Gasteiger partial charge is 0.185 e. The number of thiazole rings is 1. The van der Waals surface area contributed by atoms with Crippen molar-refractivity contribution in [3.63, 3.8) is 0 Å². The Morgan fingerprint density at radius 3 is 2.65 bits per heavy atom. The second-order valence-corrected chi connectivity index (χ2v) is 6.74. The highest BCUT2D eigenvalue weighted by Gasteiger charge is 2.20. The molecule has 1 aliphatic rings. The fourth-order valence-corrected chi connectivity index (χ4v) is 3.88. The SMILES string of the molecule is Oc1ccc2ccccc2c1CN1CCN(c2nccs2)CC1. The van der Waals surface area contributed by atoms with E-state index >= 15 is 0 Å². The maximum absolute atomic E-state index is 10.3. The van der Waals surface area contributed by atoms with E-state index < -0.39 is 0 Å². The fraction of sp³-hybridized carbons (Fsp3) is 0.278. The molecule has 0 bridgehead atoms. The fourth-order valence-electron chi connectivity index (χ4n) is 3.18. The van der Waals surface area contributed by atoms with Gasteiger partial charge in [-0.15, -0.1) is 11.3 Å². The van der Waals surface area contributed by atoms with Gasteiger partial charge in [0.05, 0.1) is 0 Å². The van der Waals surface area contributed by atoms with Gasteiger partial charge in [-0.05, 0) is 16.8 Å². The van der Waals surface area contributed by atoms with Crippen LogP contribution in [0.1, 0.15) is 5.56 Å². The second kappa shape index (κ2) is 6.18. The Balaban J connectivity index is 1.50. The molecule has 118 valence electrons. The molecule has 1 saturated heterocycles. The van der Waals surface area contributed by atoms with Crippen molar-refractivity contribution in [2.75, 3.05) is 31.1 Å². The average molecular weight is 325 g/mol. The molecule has 0 spiro atoms. The van der Waals surface area contributed by atoms with Crippen molar-refractivity contribution in [1.82, 2.24) is 9.88 Å². The molecule has 0 saturated carbocycles. The summed E-state index contributed by atoms with van der Waals surface area (Å²) in [5.74, 6) is 0.394. The molecule has 2 aromatic carbocycles. The van der Waals surface area contributed by atoms with Crippen LogP contribution >= 0.6 is 11.3 Å². The number of hydrogen-bond donors (Lipinski definition) is 1. The van der Waals surface area contributed by atoms with E-state index in [2.05, 4.69) is 26.9 Å². The van der Waals surface area contributed by atoms with E-state index in [9.17, 15) is 5.11 Å². The Morgan fingerprint density at radius 2 is 1.87 bits per heavy atom. The van der Waals surface area contributed by atoms with Crippen molar-refractivity contribution in [2.45, 2.75) is 6.54 Å². The maximum atomic E-state index is 10.3. The molecule has 1 N–H and O–H groups in total. The summed E-state index contributed by atoms with van der Waals surface area (Å²) < 4.78 is 0. The van der Waals surface area contributed by atoms with Gasteiger partial charge in [-0.3, -0.25) is 4.90 Å². The van der Waals surface area contributed by atoms with Crippen LogP contribution in [-0.4, -0.2) is 41.2 Å². The van der Waals surface area contributed by atoms with Crippen molar-refractivity contribution in [2.24, 2.45) is 0 Å². The Bertz CT molecular complexity index is 795. The average Bonchev–Trinajstić information content (AvgIpc) is 3.13. The van der Waals surface area contributed by atoms with Gasteiger partial charge < -0.3 is 10.0 Å². The van der Waals surface area contributed by atoms with Crippen LogP contribution < -0.4 is 4.90 Å². The number of nitrogens with zero attached hydrogens (tertiary/aromatic N) is 3. The zero-order chi connectivity index (χ0) is 15.6. The standard InChI is InChI=1S/C18H19N3OS/c22-17-6-5-14-3-1-2-4-15(14)16(17)13-20-8-10-21(11-9-20)18-19-7-12-23-18/h1-7,12,22H,8-11,13H2. The van der Waals surface area contributed by atoms with Crippen LogP contribution in [0.5, 0.6) is 5.75 Å². The molecule has 0 aliphatic carbocycles. The highest BCUT2D eigenvalue weighted by Crippen LogP contribution is 2.29. The first-order chi connectivity index (χ1) is 11.3. The zero-order valence-corrected chi connectivity index (χ0v) is 13.7. The third-order valence-corrected chi connectivity index (χ3v) is 5.29. The molecule has 1 fully saturated rings. The molecule has 0 atom stereocenters. The van der Waals surface area contributed by atoms with Gasteiger partial charge in [0.25, 0.3) is 0 Å². The first-order valence-corrected chi connectivity index (χ1v) is 8.75. The lowest BCUT2D eigenvalue weighted by Crippen LogP contribution is -2.45. The monoisotopic (exact) mass is 325 g/mol. The molecule has 23 heavy (non-hydrogen) atoms. The van der Waals surface area contributed by atoms with E-state index in [0.717, 1.165) is 48.8 Å². The summed E-state index contributed by atoms with van der Waals surface area (Å²) in [5, 5.41) is 15.8. The topological polar surface area (TPSA) is 39.6 Å². The maximum Gasteiger partial charge on any atom is 0.185 e. The van der Waals surface area contributed by atoms with Crippen molar-refractivity contribution in [1.29, 1.82) is 0 Å². The number of rotatable bonds is 3. The summed E-state index contributed by atoms with van der Waals surface area (Å²) in [6.45, 7) is 4.74. The summed E-state index contributed by atoms with van der Waals surface area (Å²) in [6.07, 6.45) is 1.86. The second-order valence-electron chi connectivity index (χ2n) is 5.86. The lowest BCUT2D eigenvalue weighted by Gasteiger charge is -2.34. The van der Waals surface area contributed by atoms with E-state index in [4.69, 9.17) is 0 Å². The highest BCUT2D eigenvalue weighted by atomic mass is 32.1. The Morgan fingerprint density at radius 1 is 1.04 bits per heavy atom. The first kappa shape index (κ1) is 14.5. The summed E-state index contributed by atoms with van der Waals surface area (Å²) in [4.78, 5) is 9.14. The van der Waals surface area contributed by atoms with E-state index in [1.807, 2.05) is 35.8 Å². The van der Waals surface area contributed by atoms with E-state index in [0.29, 0.717) is 5.75 Å². The number of anilines is 1. The highest BCUT2D eigenvalue weighted by molar-refractivity contribution is 7.13. The summed E-state index contributed by atoms with van der Waals surface area (Å²) in [7, 11) is 0. The molecule has 2 heterocycles. The van der Waals surface area contributed by atoms with Crippen molar-refractivity contribution in [3.8, 4) is 5.75 Å². The van der Waals surface area contributed by atoms with Gasteiger partial charge in [0.15, 0.2) is 5.13 Å². The number of aromatic nitrogens is 1. The molecule has 5 heteroatoms. The van der Waals surface area contributed by atoms with Crippen LogP contribution in [-0.2, 0) is 6.54 Å². The Hall–Kier alpha value is -2.11. The molecule has 3 aromatic rings. The lowest BCUT2D eigenvalue weighted by molar-refractivity contribution is 0.247. The number of hydrogen-bond acceptors (Lipinski definition) is 5. The third-order valence-electron chi connectivity index (χ3n) is 4.46. The molecule has 0 unspecified atom stereocenters. The normalized spacial score (nSPS) is 16.1. The van der Waals surface area contributed by atoms with Crippen molar-refractivity contribution >= 4 is 27.2 Å². The van der Waals surface area contributed by atoms with Crippen molar-refractivity contribution < 1.29 is 5.11 Å². The molecular formula is C18H19N3OS. The Kier molecular flexibility index (Phi) is 3.89. The summed E-state index contributed by atoms with van der Waals surface area (Å²) >= 11 is 1.70. The Labute approximate surface area is 139 Å². The van der Waals surface area contributed by atoms with Gasteiger partial charge in [-0.2, -0.15) is 0 Å². The quantitative estimate of drug-likeness (QED) is 0.802. The minimum absolute atomic E-state index is 0.394. The van der Waals surface area contributed by atoms with E-state index in [1.54, 1.807) is 11.3 Å². The van der Waals surface area contributed by atoms with Gasteiger partial charge in [0.1, 0.15) is 5.75 Å².